The molecule has 1 aliphatic heterocycles. The fourth-order valence-corrected chi connectivity index (χ4v) is 4.02. The zero-order valence-corrected chi connectivity index (χ0v) is 18.2. The molecule has 0 saturated heterocycles. The van der Waals surface area contributed by atoms with Crippen molar-refractivity contribution in [3.05, 3.63) is 92.7 Å². The third-order valence-corrected chi connectivity index (χ3v) is 5.67. The van der Waals surface area contributed by atoms with Crippen LogP contribution in [0.4, 0.5) is 4.39 Å². The van der Waals surface area contributed by atoms with Crippen molar-refractivity contribution >= 4 is 27.6 Å². The maximum atomic E-state index is 15.0. The molecule has 0 aromatic heterocycles. The zero-order chi connectivity index (χ0) is 22.1. The van der Waals surface area contributed by atoms with Gasteiger partial charge in [-0.25, -0.2) is 4.39 Å². The number of nitrogens with two attached hydrogens (primary N) is 1. The molecule has 0 fully saturated rings. The minimum atomic E-state index is -0.676. The Hall–Kier alpha value is -3.19. The van der Waals surface area contributed by atoms with Gasteiger partial charge in [-0.15, -0.1) is 0 Å². The highest BCUT2D eigenvalue weighted by Gasteiger charge is 2.28. The highest BCUT2D eigenvalue weighted by atomic mass is 79.9. The number of hydrogen-bond donors (Lipinski definition) is 1. The molecule has 7 heteroatoms. The van der Waals surface area contributed by atoms with Gasteiger partial charge in [0.1, 0.15) is 11.9 Å². The van der Waals surface area contributed by atoms with Crippen molar-refractivity contribution in [2.45, 2.75) is 19.4 Å². The SMILES string of the molecule is Cc1c(O[C@H](c2ccc(C(N)=O)cc2)c2cccc(Br)c2)c(F)cc2c1OCCC2=O. The molecule has 1 atom stereocenters. The number of Topliss-reactive ketones (excluding diaryl/α,β-unsaturated/α-hetero) is 1. The Morgan fingerprint density at radius 1 is 1.16 bits per heavy atom. The quantitative estimate of drug-likeness (QED) is 0.545. The van der Waals surface area contributed by atoms with E-state index in [1.807, 2.05) is 24.3 Å². The normalized spacial score (nSPS) is 13.8. The molecule has 1 aliphatic rings. The fourth-order valence-electron chi connectivity index (χ4n) is 3.60. The first-order valence-corrected chi connectivity index (χ1v) is 10.5. The van der Waals surface area contributed by atoms with Gasteiger partial charge in [0.05, 0.1) is 12.2 Å². The summed E-state index contributed by atoms with van der Waals surface area (Å²) in [6, 6.07) is 15.3. The predicted molar refractivity (Wildman–Crippen MR) is 117 cm³/mol. The Bertz CT molecular complexity index is 1180. The van der Waals surface area contributed by atoms with E-state index in [4.69, 9.17) is 15.2 Å². The summed E-state index contributed by atoms with van der Waals surface area (Å²) in [5, 5.41) is 0. The second-order valence-corrected chi connectivity index (χ2v) is 8.17. The summed E-state index contributed by atoms with van der Waals surface area (Å²) in [7, 11) is 0. The summed E-state index contributed by atoms with van der Waals surface area (Å²) in [6.07, 6.45) is -0.455. The summed E-state index contributed by atoms with van der Waals surface area (Å²) in [4.78, 5) is 23.6. The lowest BCUT2D eigenvalue weighted by molar-refractivity contribution is 0.0930. The van der Waals surface area contributed by atoms with Crippen molar-refractivity contribution in [2.75, 3.05) is 6.61 Å². The van der Waals surface area contributed by atoms with E-state index in [1.165, 1.54) is 6.07 Å². The second kappa shape index (κ2) is 8.51. The topological polar surface area (TPSA) is 78.6 Å². The first-order chi connectivity index (χ1) is 14.8. The summed E-state index contributed by atoms with van der Waals surface area (Å²) in [5.74, 6) is -0.962. The molecular weight excluding hydrogens is 465 g/mol. The molecule has 0 bridgehead atoms. The number of carbonyl (C=O) groups is 2. The van der Waals surface area contributed by atoms with Crippen molar-refractivity contribution in [3.8, 4) is 11.5 Å². The summed E-state index contributed by atoms with van der Waals surface area (Å²) < 4.78 is 27.7. The Labute approximate surface area is 187 Å². The van der Waals surface area contributed by atoms with Gasteiger partial charge in [-0.2, -0.15) is 0 Å². The molecule has 5 nitrogen and oxygen atoms in total. The molecule has 158 valence electrons. The molecule has 4 rings (SSSR count). The van der Waals surface area contributed by atoms with Crippen LogP contribution in [0.2, 0.25) is 0 Å². The van der Waals surface area contributed by atoms with Gasteiger partial charge in [-0.05, 0) is 48.4 Å². The average molecular weight is 484 g/mol. The Morgan fingerprint density at radius 2 is 1.90 bits per heavy atom. The second-order valence-electron chi connectivity index (χ2n) is 7.25. The van der Waals surface area contributed by atoms with Gasteiger partial charge >= 0.3 is 0 Å². The molecule has 0 aliphatic carbocycles. The minimum absolute atomic E-state index is 0.0115. The number of hydrogen-bond acceptors (Lipinski definition) is 4. The number of benzene rings is 3. The van der Waals surface area contributed by atoms with Crippen LogP contribution in [0.1, 0.15) is 49.9 Å². The van der Waals surface area contributed by atoms with Gasteiger partial charge in [0.25, 0.3) is 0 Å². The minimum Gasteiger partial charge on any atom is -0.492 e. The molecule has 3 aromatic rings. The molecule has 0 unspecified atom stereocenters. The molecule has 0 spiro atoms. The molecule has 0 saturated carbocycles. The van der Waals surface area contributed by atoms with E-state index in [9.17, 15) is 9.59 Å². The third kappa shape index (κ3) is 4.18. The van der Waals surface area contributed by atoms with Crippen molar-refractivity contribution in [1.82, 2.24) is 0 Å². The highest BCUT2D eigenvalue weighted by Crippen LogP contribution is 2.40. The Kier molecular flexibility index (Phi) is 5.78. The van der Waals surface area contributed by atoms with Gasteiger partial charge < -0.3 is 15.2 Å². The van der Waals surface area contributed by atoms with E-state index in [-0.39, 0.29) is 30.1 Å². The van der Waals surface area contributed by atoms with E-state index < -0.39 is 17.8 Å². The lowest BCUT2D eigenvalue weighted by Crippen LogP contribution is -2.18. The van der Waals surface area contributed by atoms with E-state index in [2.05, 4.69) is 15.9 Å². The van der Waals surface area contributed by atoms with Crippen molar-refractivity contribution in [3.63, 3.8) is 0 Å². The summed E-state index contributed by atoms with van der Waals surface area (Å²) in [5.41, 5.74) is 7.84. The predicted octanol–water partition coefficient (Wildman–Crippen LogP) is 5.13. The summed E-state index contributed by atoms with van der Waals surface area (Å²) >= 11 is 3.46. The Balaban J connectivity index is 1.80. The standard InChI is InChI=1S/C24H19BrFNO4/c1-13-21-18(20(28)9-10-30-21)12-19(26)22(13)31-23(16-3-2-4-17(25)11-16)14-5-7-15(8-6-14)24(27)29/h2-8,11-12,23H,9-10H2,1H3,(H2,27,29)/t23-/m1/s1. The van der Waals surface area contributed by atoms with Crippen molar-refractivity contribution in [2.24, 2.45) is 5.73 Å². The van der Waals surface area contributed by atoms with Crippen molar-refractivity contribution < 1.29 is 23.5 Å². The van der Waals surface area contributed by atoms with Gasteiger partial charge in [0.15, 0.2) is 17.3 Å². The summed E-state index contributed by atoms with van der Waals surface area (Å²) in [6.45, 7) is 1.92. The fraction of sp³-hybridized carbons (Fsp3) is 0.167. The molecule has 2 N–H and O–H groups in total. The highest BCUT2D eigenvalue weighted by molar-refractivity contribution is 9.10. The molecule has 1 amide bonds. The molecule has 1 heterocycles. The van der Waals surface area contributed by atoms with Crippen LogP contribution < -0.4 is 15.2 Å². The first kappa shape index (κ1) is 21.1. The number of primary amides is 1. The van der Waals surface area contributed by atoms with Crippen LogP contribution in [-0.4, -0.2) is 18.3 Å². The van der Waals surface area contributed by atoms with E-state index in [0.717, 1.165) is 10.0 Å². The van der Waals surface area contributed by atoms with Crippen LogP contribution in [0.5, 0.6) is 11.5 Å². The average Bonchev–Trinajstić information content (AvgIpc) is 2.75. The van der Waals surface area contributed by atoms with Gasteiger partial charge in [-0.3, -0.25) is 9.59 Å². The van der Waals surface area contributed by atoms with Gasteiger partial charge in [-0.1, -0.05) is 40.2 Å². The molecule has 0 radical (unpaired) electrons. The van der Waals surface area contributed by atoms with Crippen LogP contribution in [-0.2, 0) is 0 Å². The number of ketones is 1. The van der Waals surface area contributed by atoms with Crippen LogP contribution in [0, 0.1) is 12.7 Å². The number of ether oxygens (including phenoxy) is 2. The van der Waals surface area contributed by atoms with Crippen LogP contribution >= 0.6 is 15.9 Å². The maximum Gasteiger partial charge on any atom is 0.248 e. The first-order valence-electron chi connectivity index (χ1n) is 9.66. The third-order valence-electron chi connectivity index (χ3n) is 5.17. The lowest BCUT2D eigenvalue weighted by atomic mass is 9.98. The number of amides is 1. The van der Waals surface area contributed by atoms with Gasteiger partial charge in [0.2, 0.25) is 5.91 Å². The van der Waals surface area contributed by atoms with E-state index in [0.29, 0.717) is 22.4 Å². The Morgan fingerprint density at radius 3 is 2.58 bits per heavy atom. The maximum absolute atomic E-state index is 15.0. The zero-order valence-electron chi connectivity index (χ0n) is 16.7. The molecule has 31 heavy (non-hydrogen) atoms. The number of halogens is 2. The van der Waals surface area contributed by atoms with Crippen molar-refractivity contribution in [1.29, 1.82) is 0 Å². The monoisotopic (exact) mass is 483 g/mol. The molecule has 3 aromatic carbocycles. The van der Waals surface area contributed by atoms with Crippen LogP contribution in [0.3, 0.4) is 0 Å². The van der Waals surface area contributed by atoms with Gasteiger partial charge in [0, 0.05) is 22.0 Å². The number of fused-ring (bicyclic) bond motifs is 1. The van der Waals surface area contributed by atoms with Crippen LogP contribution in [0.15, 0.2) is 59.1 Å². The van der Waals surface area contributed by atoms with E-state index in [1.54, 1.807) is 31.2 Å². The van der Waals surface area contributed by atoms with E-state index >= 15 is 4.39 Å². The molecular formula is C24H19BrFNO4. The number of carbonyl (C=O) groups excluding carboxylic acids is 2. The van der Waals surface area contributed by atoms with Crippen LogP contribution in [0.25, 0.3) is 0 Å². The largest absolute Gasteiger partial charge is 0.492 e. The smallest absolute Gasteiger partial charge is 0.248 e. The number of rotatable bonds is 5. The lowest BCUT2D eigenvalue weighted by Gasteiger charge is -2.25.